The molecule has 0 saturated carbocycles. The van der Waals surface area contributed by atoms with Crippen LogP contribution in [-0.4, -0.2) is 51.6 Å². The van der Waals surface area contributed by atoms with Crippen LogP contribution in [0.2, 0.25) is 0 Å². The van der Waals surface area contributed by atoms with Crippen molar-refractivity contribution in [2.45, 2.75) is 11.8 Å². The third-order valence-corrected chi connectivity index (χ3v) is 7.19. The maximum Gasteiger partial charge on any atom is 0.276 e. The zero-order valence-corrected chi connectivity index (χ0v) is 14.6. The maximum atomic E-state index is 12.5. The molecule has 0 radical (unpaired) electrons. The molecule has 2 N–H and O–H groups in total. The minimum Gasteiger partial charge on any atom is -0.216 e. The van der Waals surface area contributed by atoms with Crippen LogP contribution in [-0.2, 0) is 20.2 Å². The first kappa shape index (κ1) is 16.8. The Balaban J connectivity index is 2.20. The molecule has 0 atom stereocenters. The van der Waals surface area contributed by atoms with Crippen LogP contribution >= 0.6 is 15.9 Å². The van der Waals surface area contributed by atoms with Crippen molar-refractivity contribution in [3.63, 3.8) is 0 Å². The average molecular weight is 398 g/mol. The summed E-state index contributed by atoms with van der Waals surface area (Å²) in [7, 11) is -7.39. The van der Waals surface area contributed by atoms with Gasteiger partial charge < -0.3 is 0 Å². The van der Waals surface area contributed by atoms with Gasteiger partial charge in [-0.2, -0.15) is 17.0 Å². The largest absolute Gasteiger partial charge is 0.276 e. The van der Waals surface area contributed by atoms with Crippen LogP contribution in [0, 0.1) is 6.92 Å². The van der Waals surface area contributed by atoms with Crippen molar-refractivity contribution < 1.29 is 16.8 Å². The molecule has 0 amide bonds. The number of rotatable bonds is 3. The van der Waals surface area contributed by atoms with E-state index in [-0.39, 0.29) is 31.1 Å². The van der Waals surface area contributed by atoms with Crippen molar-refractivity contribution in [3.05, 3.63) is 28.2 Å². The van der Waals surface area contributed by atoms with Crippen LogP contribution in [0.4, 0.5) is 0 Å². The van der Waals surface area contributed by atoms with Gasteiger partial charge in [0.15, 0.2) is 0 Å². The second-order valence-electron chi connectivity index (χ2n) is 4.76. The standard InChI is InChI=1S/C11H16BrN3O4S2/c1-9-8-10(2-3-11(9)12)20(16,17)14-4-6-15(7-5-14)21(13,18)19/h2-3,8H,4-7H2,1H3,(H2,13,18,19). The zero-order valence-electron chi connectivity index (χ0n) is 11.4. The molecule has 0 bridgehead atoms. The Kier molecular flexibility index (Phi) is 4.76. The highest BCUT2D eigenvalue weighted by atomic mass is 79.9. The first-order valence-corrected chi connectivity index (χ1v) is 9.90. The molecule has 10 heteroatoms. The number of hydrogen-bond donors (Lipinski definition) is 1. The van der Waals surface area contributed by atoms with E-state index in [4.69, 9.17) is 5.14 Å². The summed E-state index contributed by atoms with van der Waals surface area (Å²) in [6, 6.07) is 4.80. The summed E-state index contributed by atoms with van der Waals surface area (Å²) in [5.74, 6) is 0. The molecule has 0 unspecified atom stereocenters. The van der Waals surface area contributed by atoms with Gasteiger partial charge in [0.25, 0.3) is 10.2 Å². The smallest absolute Gasteiger partial charge is 0.216 e. The number of halogens is 1. The predicted octanol–water partition coefficient (Wildman–Crippen LogP) is 0.267. The summed E-state index contributed by atoms with van der Waals surface area (Å²) < 4.78 is 50.7. The molecule has 118 valence electrons. The summed E-state index contributed by atoms with van der Waals surface area (Å²) in [6.45, 7) is 2.12. The molecule has 2 rings (SSSR count). The summed E-state index contributed by atoms with van der Waals surface area (Å²) in [5, 5.41) is 5.04. The molecule has 1 saturated heterocycles. The van der Waals surface area contributed by atoms with Crippen molar-refractivity contribution in [3.8, 4) is 0 Å². The number of aryl methyl sites for hydroxylation is 1. The Morgan fingerprint density at radius 2 is 1.57 bits per heavy atom. The lowest BCUT2D eigenvalue weighted by Gasteiger charge is -2.32. The third-order valence-electron chi connectivity index (χ3n) is 3.32. The van der Waals surface area contributed by atoms with E-state index in [1.54, 1.807) is 12.1 Å². The Morgan fingerprint density at radius 1 is 1.05 bits per heavy atom. The zero-order chi connectivity index (χ0) is 15.8. The lowest BCUT2D eigenvalue weighted by atomic mass is 10.2. The summed E-state index contributed by atoms with van der Waals surface area (Å²) in [6.07, 6.45) is 0. The molecule has 1 aliphatic heterocycles. The predicted molar refractivity (Wildman–Crippen MR) is 82.3 cm³/mol. The van der Waals surface area contributed by atoms with Crippen LogP contribution < -0.4 is 5.14 Å². The molecule has 1 fully saturated rings. The lowest BCUT2D eigenvalue weighted by Crippen LogP contribution is -2.52. The van der Waals surface area contributed by atoms with E-state index in [0.717, 1.165) is 14.3 Å². The van der Waals surface area contributed by atoms with E-state index in [0.29, 0.717) is 0 Å². The van der Waals surface area contributed by atoms with Gasteiger partial charge in [-0.3, -0.25) is 0 Å². The van der Waals surface area contributed by atoms with Gasteiger partial charge in [-0.05, 0) is 30.7 Å². The van der Waals surface area contributed by atoms with Gasteiger partial charge >= 0.3 is 0 Å². The number of piperazine rings is 1. The van der Waals surface area contributed by atoms with Crippen LogP contribution in [0.15, 0.2) is 27.6 Å². The van der Waals surface area contributed by atoms with E-state index in [2.05, 4.69) is 15.9 Å². The molecule has 1 heterocycles. The molecular formula is C11H16BrN3O4S2. The molecule has 21 heavy (non-hydrogen) atoms. The number of sulfonamides is 1. The first-order chi connectivity index (χ1) is 9.62. The fraction of sp³-hybridized carbons (Fsp3) is 0.455. The minimum absolute atomic E-state index is 0.0631. The first-order valence-electron chi connectivity index (χ1n) is 6.16. The molecule has 0 aliphatic carbocycles. The second kappa shape index (κ2) is 5.94. The molecule has 1 aliphatic rings. The second-order valence-corrected chi connectivity index (χ2v) is 9.10. The van der Waals surface area contributed by atoms with Crippen molar-refractivity contribution in [1.29, 1.82) is 0 Å². The van der Waals surface area contributed by atoms with E-state index in [1.165, 1.54) is 10.4 Å². The van der Waals surface area contributed by atoms with E-state index in [9.17, 15) is 16.8 Å². The molecular weight excluding hydrogens is 382 g/mol. The summed E-state index contributed by atoms with van der Waals surface area (Å²) >= 11 is 3.33. The Hall–Kier alpha value is -0.520. The van der Waals surface area contributed by atoms with Crippen molar-refractivity contribution in [2.24, 2.45) is 5.14 Å². The summed E-state index contributed by atoms with van der Waals surface area (Å²) in [5.41, 5.74) is 0.819. The van der Waals surface area contributed by atoms with Gasteiger partial charge in [-0.1, -0.05) is 15.9 Å². The molecule has 1 aromatic rings. The van der Waals surface area contributed by atoms with Crippen molar-refractivity contribution in [2.75, 3.05) is 26.2 Å². The highest BCUT2D eigenvalue weighted by molar-refractivity contribution is 9.10. The van der Waals surface area contributed by atoms with Crippen LogP contribution in [0.3, 0.4) is 0 Å². The van der Waals surface area contributed by atoms with Crippen LogP contribution in [0.25, 0.3) is 0 Å². The normalized spacial score (nSPS) is 18.8. The molecule has 0 spiro atoms. The van der Waals surface area contributed by atoms with Gasteiger partial charge in [0.05, 0.1) is 4.90 Å². The monoisotopic (exact) mass is 397 g/mol. The highest BCUT2D eigenvalue weighted by Crippen LogP contribution is 2.23. The Bertz CT molecular complexity index is 741. The third kappa shape index (κ3) is 3.63. The topological polar surface area (TPSA) is 101 Å². The van der Waals surface area contributed by atoms with E-state index in [1.807, 2.05) is 6.92 Å². The van der Waals surface area contributed by atoms with Gasteiger partial charge in [-0.15, -0.1) is 0 Å². The van der Waals surface area contributed by atoms with E-state index >= 15 is 0 Å². The molecule has 1 aromatic carbocycles. The van der Waals surface area contributed by atoms with Gasteiger partial charge in [0, 0.05) is 30.7 Å². The Labute approximate surface area is 133 Å². The van der Waals surface area contributed by atoms with Crippen LogP contribution in [0.1, 0.15) is 5.56 Å². The number of hydrogen-bond acceptors (Lipinski definition) is 4. The number of nitrogens with zero attached hydrogens (tertiary/aromatic N) is 2. The highest BCUT2D eigenvalue weighted by Gasteiger charge is 2.31. The van der Waals surface area contributed by atoms with Gasteiger partial charge in [0.2, 0.25) is 10.0 Å². The van der Waals surface area contributed by atoms with Crippen molar-refractivity contribution in [1.82, 2.24) is 8.61 Å². The maximum absolute atomic E-state index is 12.5. The molecule has 7 nitrogen and oxygen atoms in total. The lowest BCUT2D eigenvalue weighted by molar-refractivity contribution is 0.273. The quantitative estimate of drug-likeness (QED) is 0.790. The molecule has 0 aromatic heterocycles. The SMILES string of the molecule is Cc1cc(S(=O)(=O)N2CCN(S(N)(=O)=O)CC2)ccc1Br. The fourth-order valence-electron chi connectivity index (χ4n) is 2.09. The van der Waals surface area contributed by atoms with Gasteiger partial charge in [-0.25, -0.2) is 13.6 Å². The number of benzene rings is 1. The number of nitrogens with two attached hydrogens (primary N) is 1. The fourth-order valence-corrected chi connectivity index (χ4v) is 4.52. The van der Waals surface area contributed by atoms with Crippen molar-refractivity contribution >= 4 is 36.2 Å². The average Bonchev–Trinajstić information content (AvgIpc) is 2.41. The summed E-state index contributed by atoms with van der Waals surface area (Å²) in [4.78, 5) is 0.201. The van der Waals surface area contributed by atoms with E-state index < -0.39 is 20.2 Å². The van der Waals surface area contributed by atoms with Crippen LogP contribution in [0.5, 0.6) is 0 Å². The van der Waals surface area contributed by atoms with Gasteiger partial charge in [0.1, 0.15) is 0 Å². The Morgan fingerprint density at radius 3 is 2.05 bits per heavy atom. The minimum atomic E-state index is -3.77.